The second-order valence-corrected chi connectivity index (χ2v) is 6.80. The molecule has 0 aliphatic rings. The van der Waals surface area contributed by atoms with E-state index in [0.717, 1.165) is 30.3 Å². The minimum absolute atomic E-state index is 0.0972. The van der Waals surface area contributed by atoms with E-state index in [-0.39, 0.29) is 16.1 Å². The van der Waals surface area contributed by atoms with Crippen LogP contribution in [0.25, 0.3) is 0 Å². The summed E-state index contributed by atoms with van der Waals surface area (Å²) >= 11 is 5.47. The van der Waals surface area contributed by atoms with Crippen LogP contribution in [0.3, 0.4) is 0 Å². The fourth-order valence-corrected chi connectivity index (χ4v) is 3.16. The van der Waals surface area contributed by atoms with Crippen LogP contribution >= 0.6 is 11.6 Å². The van der Waals surface area contributed by atoms with Crippen molar-refractivity contribution in [2.45, 2.75) is 18.0 Å². The second kappa shape index (κ2) is 6.01. The topological polar surface area (TPSA) is 46.2 Å². The van der Waals surface area contributed by atoms with E-state index in [4.69, 9.17) is 11.6 Å². The van der Waals surface area contributed by atoms with Gasteiger partial charge in [0.1, 0.15) is 5.82 Å². The number of aryl methyl sites for hydroxylation is 1. The molecule has 0 aliphatic carbocycles. The first-order valence-corrected chi connectivity index (χ1v) is 8.02. The van der Waals surface area contributed by atoms with E-state index < -0.39 is 32.6 Å². The van der Waals surface area contributed by atoms with E-state index in [1.165, 1.54) is 6.92 Å². The molecule has 0 saturated carbocycles. The summed E-state index contributed by atoms with van der Waals surface area (Å²) in [5.41, 5.74) is -1.36. The van der Waals surface area contributed by atoms with Crippen molar-refractivity contribution in [3.05, 3.63) is 58.4 Å². The molecule has 3 nitrogen and oxygen atoms in total. The minimum Gasteiger partial charge on any atom is -0.280 e. The monoisotopic (exact) mass is 367 g/mol. The quantitative estimate of drug-likeness (QED) is 0.805. The Balaban J connectivity index is 2.39. The van der Waals surface area contributed by atoms with E-state index in [1.807, 2.05) is 4.72 Å². The third-order valence-corrected chi connectivity index (χ3v) is 4.67. The smallest absolute Gasteiger partial charge is 0.280 e. The lowest BCUT2D eigenvalue weighted by Gasteiger charge is -2.13. The van der Waals surface area contributed by atoms with Gasteiger partial charge in [-0.1, -0.05) is 11.6 Å². The molecule has 0 aromatic heterocycles. The highest BCUT2D eigenvalue weighted by Gasteiger charge is 2.33. The van der Waals surface area contributed by atoms with Gasteiger partial charge >= 0.3 is 6.18 Å². The van der Waals surface area contributed by atoms with Crippen LogP contribution in [0.4, 0.5) is 23.2 Å². The fourth-order valence-electron chi connectivity index (χ4n) is 1.80. The van der Waals surface area contributed by atoms with Gasteiger partial charge in [0.05, 0.1) is 15.5 Å². The van der Waals surface area contributed by atoms with E-state index in [9.17, 15) is 26.0 Å². The molecule has 0 radical (unpaired) electrons. The molecule has 2 aromatic carbocycles. The van der Waals surface area contributed by atoms with Crippen LogP contribution in [-0.2, 0) is 16.2 Å². The molecule has 0 aliphatic heterocycles. The highest BCUT2D eigenvalue weighted by Crippen LogP contribution is 2.36. The summed E-state index contributed by atoms with van der Waals surface area (Å²) in [6.45, 7) is 1.37. The van der Waals surface area contributed by atoms with E-state index in [2.05, 4.69) is 0 Å². The summed E-state index contributed by atoms with van der Waals surface area (Å²) in [5.74, 6) is -0.588. The Hall–Kier alpha value is -1.80. The van der Waals surface area contributed by atoms with Crippen LogP contribution in [0.2, 0.25) is 5.02 Å². The average Bonchev–Trinajstić information content (AvgIpc) is 2.42. The Bertz CT molecular complexity index is 850. The van der Waals surface area contributed by atoms with Gasteiger partial charge in [0, 0.05) is 5.69 Å². The Morgan fingerprint density at radius 3 is 2.30 bits per heavy atom. The fraction of sp³-hybridized carbons (Fsp3) is 0.143. The highest BCUT2D eigenvalue weighted by molar-refractivity contribution is 7.92. The van der Waals surface area contributed by atoms with Gasteiger partial charge in [0.15, 0.2) is 0 Å². The molecule has 0 heterocycles. The Morgan fingerprint density at radius 1 is 1.09 bits per heavy atom. The van der Waals surface area contributed by atoms with Crippen LogP contribution in [0, 0.1) is 12.7 Å². The van der Waals surface area contributed by atoms with E-state index >= 15 is 0 Å². The summed E-state index contributed by atoms with van der Waals surface area (Å²) in [6.07, 6.45) is -4.72. The third kappa shape index (κ3) is 3.94. The molecule has 0 amide bonds. The molecule has 9 heteroatoms. The van der Waals surface area contributed by atoms with E-state index in [0.29, 0.717) is 6.07 Å². The molecule has 0 bridgehead atoms. The van der Waals surface area contributed by atoms with Gasteiger partial charge in [0.2, 0.25) is 0 Å². The Kier molecular flexibility index (Phi) is 4.59. The first-order valence-electron chi connectivity index (χ1n) is 6.16. The maximum absolute atomic E-state index is 13.2. The predicted octanol–water partition coefficient (Wildman–Crippen LogP) is 4.61. The first kappa shape index (κ1) is 17.6. The number of alkyl halides is 3. The van der Waals surface area contributed by atoms with Crippen molar-refractivity contribution >= 4 is 27.3 Å². The molecule has 0 atom stereocenters. The van der Waals surface area contributed by atoms with Crippen molar-refractivity contribution in [1.82, 2.24) is 0 Å². The molecule has 2 aromatic rings. The average molecular weight is 368 g/mol. The van der Waals surface area contributed by atoms with Gasteiger partial charge in [-0.3, -0.25) is 4.72 Å². The van der Waals surface area contributed by atoms with Crippen LogP contribution in [0.1, 0.15) is 11.1 Å². The molecule has 0 saturated heterocycles. The maximum atomic E-state index is 13.2. The van der Waals surface area contributed by atoms with Crippen LogP contribution in [0.5, 0.6) is 0 Å². The first-order chi connectivity index (χ1) is 10.5. The zero-order chi connectivity index (χ0) is 17.4. The number of halogens is 5. The molecule has 2 rings (SSSR count). The molecule has 0 fully saturated rings. The SMILES string of the molecule is Cc1cc(S(=O)(=O)Nc2ccc(Cl)c(C(F)(F)F)c2)ccc1F. The molecule has 23 heavy (non-hydrogen) atoms. The van der Waals surface area contributed by atoms with Gasteiger partial charge in [0.25, 0.3) is 10.0 Å². The number of rotatable bonds is 3. The number of hydrogen-bond acceptors (Lipinski definition) is 2. The summed E-state index contributed by atoms with van der Waals surface area (Å²) < 4.78 is 77.9. The molecule has 0 spiro atoms. The van der Waals surface area contributed by atoms with Crippen LogP contribution in [-0.4, -0.2) is 8.42 Å². The Morgan fingerprint density at radius 2 is 1.74 bits per heavy atom. The van der Waals surface area contributed by atoms with Crippen LogP contribution < -0.4 is 4.72 Å². The second-order valence-electron chi connectivity index (χ2n) is 4.71. The van der Waals surface area contributed by atoms with Gasteiger partial charge in [-0.05, 0) is 48.9 Å². The summed E-state index contributed by atoms with van der Waals surface area (Å²) in [7, 11) is -4.15. The van der Waals surface area contributed by atoms with Gasteiger partial charge in [-0.25, -0.2) is 12.8 Å². The van der Waals surface area contributed by atoms with Crippen molar-refractivity contribution in [2.24, 2.45) is 0 Å². The predicted molar refractivity (Wildman–Crippen MR) is 78.4 cm³/mol. The summed E-state index contributed by atoms with van der Waals surface area (Å²) in [5, 5.41) is -0.543. The zero-order valence-electron chi connectivity index (χ0n) is 11.6. The highest BCUT2D eigenvalue weighted by atomic mass is 35.5. The largest absolute Gasteiger partial charge is 0.417 e. The number of nitrogens with one attached hydrogen (secondary N) is 1. The molecule has 0 unspecified atom stereocenters. The number of sulfonamides is 1. The summed E-state index contributed by atoms with van der Waals surface area (Å²) in [4.78, 5) is -0.264. The zero-order valence-corrected chi connectivity index (χ0v) is 13.2. The lowest BCUT2D eigenvalue weighted by atomic mass is 10.2. The third-order valence-electron chi connectivity index (χ3n) is 2.96. The lowest BCUT2D eigenvalue weighted by molar-refractivity contribution is -0.137. The van der Waals surface area contributed by atoms with Crippen LogP contribution in [0.15, 0.2) is 41.3 Å². The minimum atomic E-state index is -4.72. The van der Waals surface area contributed by atoms with Crippen molar-refractivity contribution in [2.75, 3.05) is 4.72 Å². The van der Waals surface area contributed by atoms with Crippen molar-refractivity contribution in [1.29, 1.82) is 0 Å². The maximum Gasteiger partial charge on any atom is 0.417 e. The molecule has 1 N–H and O–H groups in total. The number of benzene rings is 2. The van der Waals surface area contributed by atoms with Crippen molar-refractivity contribution < 1.29 is 26.0 Å². The van der Waals surface area contributed by atoms with Crippen molar-refractivity contribution in [3.8, 4) is 0 Å². The van der Waals surface area contributed by atoms with Gasteiger partial charge < -0.3 is 0 Å². The normalized spacial score (nSPS) is 12.3. The summed E-state index contributed by atoms with van der Waals surface area (Å²) in [6, 6.07) is 5.70. The van der Waals surface area contributed by atoms with Gasteiger partial charge in [-0.2, -0.15) is 13.2 Å². The van der Waals surface area contributed by atoms with Crippen molar-refractivity contribution in [3.63, 3.8) is 0 Å². The molecular weight excluding hydrogens is 358 g/mol. The molecule has 124 valence electrons. The number of hydrogen-bond donors (Lipinski definition) is 1. The Labute approximate surface area is 134 Å². The van der Waals surface area contributed by atoms with Gasteiger partial charge in [-0.15, -0.1) is 0 Å². The standard InChI is InChI=1S/C14H10ClF4NO2S/c1-8-6-10(3-5-13(8)16)23(21,22)20-9-2-4-12(15)11(7-9)14(17,18)19/h2-7,20H,1H3. The van der Waals surface area contributed by atoms with E-state index in [1.54, 1.807) is 0 Å². The molecular formula is C14H10ClF4NO2S. The lowest BCUT2D eigenvalue weighted by Crippen LogP contribution is -2.14. The number of anilines is 1.